The Morgan fingerprint density at radius 1 is 1.03 bits per heavy atom. The van der Waals surface area contributed by atoms with Gasteiger partial charge in [0.2, 0.25) is 21.8 Å². The Balaban J connectivity index is 1.51. The molecule has 2 heterocycles. The van der Waals surface area contributed by atoms with Gasteiger partial charge in [-0.15, -0.1) is 0 Å². The summed E-state index contributed by atoms with van der Waals surface area (Å²) in [6.45, 7) is 2.42. The van der Waals surface area contributed by atoms with Gasteiger partial charge in [-0.25, -0.2) is 8.42 Å². The topological polar surface area (TPSA) is 86.8 Å². The molecule has 2 aliphatic heterocycles. The molecule has 2 aliphatic rings. The van der Waals surface area contributed by atoms with Gasteiger partial charge in [-0.05, 0) is 56.4 Å². The van der Waals surface area contributed by atoms with Crippen LogP contribution in [0.5, 0.6) is 0 Å². The lowest BCUT2D eigenvalue weighted by molar-refractivity contribution is -0.132. The number of carbonyl (C=O) groups is 2. The van der Waals surface area contributed by atoms with Crippen molar-refractivity contribution < 1.29 is 18.0 Å². The molecule has 1 atom stereocenters. The predicted molar refractivity (Wildman–Crippen MR) is 111 cm³/mol. The Labute approximate surface area is 177 Å². The third kappa shape index (κ3) is 5.71. The van der Waals surface area contributed by atoms with Crippen LogP contribution in [0.25, 0.3) is 0 Å². The van der Waals surface area contributed by atoms with Crippen molar-refractivity contribution in [3.05, 3.63) is 29.3 Å². The van der Waals surface area contributed by atoms with E-state index in [-0.39, 0.29) is 36.2 Å². The average Bonchev–Trinajstić information content (AvgIpc) is 2.74. The largest absolute Gasteiger partial charge is 0.355 e. The Morgan fingerprint density at radius 2 is 1.72 bits per heavy atom. The molecule has 1 N–H and O–H groups in total. The molecule has 0 unspecified atom stereocenters. The molecule has 0 radical (unpaired) electrons. The highest BCUT2D eigenvalue weighted by molar-refractivity contribution is 7.89. The smallest absolute Gasteiger partial charge is 0.243 e. The summed E-state index contributed by atoms with van der Waals surface area (Å²) in [4.78, 5) is 26.8. The van der Waals surface area contributed by atoms with E-state index in [0.717, 1.165) is 32.4 Å². The van der Waals surface area contributed by atoms with Crippen LogP contribution in [0.3, 0.4) is 0 Å². The molecule has 160 valence electrons. The molecular weight excluding hydrogens is 414 g/mol. The number of nitrogens with zero attached hydrogens (tertiary/aromatic N) is 2. The molecule has 0 aliphatic carbocycles. The van der Waals surface area contributed by atoms with E-state index in [0.29, 0.717) is 24.4 Å². The van der Waals surface area contributed by atoms with Crippen LogP contribution in [0, 0.1) is 5.92 Å². The summed E-state index contributed by atoms with van der Waals surface area (Å²) in [6.07, 6.45) is 4.79. The van der Waals surface area contributed by atoms with E-state index in [1.807, 2.05) is 4.90 Å². The zero-order valence-electron chi connectivity index (χ0n) is 16.5. The van der Waals surface area contributed by atoms with Crippen molar-refractivity contribution in [3.63, 3.8) is 0 Å². The highest BCUT2D eigenvalue weighted by atomic mass is 35.5. The lowest BCUT2D eigenvalue weighted by Crippen LogP contribution is -2.46. The molecule has 2 fully saturated rings. The molecule has 1 aromatic rings. The van der Waals surface area contributed by atoms with Gasteiger partial charge in [-0.3, -0.25) is 9.59 Å². The summed E-state index contributed by atoms with van der Waals surface area (Å²) >= 11 is 5.84. The van der Waals surface area contributed by atoms with Gasteiger partial charge in [0.15, 0.2) is 0 Å². The van der Waals surface area contributed by atoms with Crippen molar-refractivity contribution in [2.45, 2.75) is 43.4 Å². The van der Waals surface area contributed by atoms with Crippen molar-refractivity contribution in [1.29, 1.82) is 0 Å². The van der Waals surface area contributed by atoms with E-state index in [2.05, 4.69) is 5.32 Å². The van der Waals surface area contributed by atoms with Gasteiger partial charge in [0.05, 0.1) is 10.8 Å². The highest BCUT2D eigenvalue weighted by Gasteiger charge is 2.33. The average molecular weight is 442 g/mol. The molecular formula is C20H28ClN3O4S. The van der Waals surface area contributed by atoms with E-state index in [4.69, 9.17) is 11.6 Å². The van der Waals surface area contributed by atoms with Crippen LogP contribution in [0.2, 0.25) is 5.02 Å². The fourth-order valence-corrected chi connectivity index (χ4v) is 5.52. The normalized spacial score (nSPS) is 21.0. The fourth-order valence-electron chi connectivity index (χ4n) is 3.87. The highest BCUT2D eigenvalue weighted by Crippen LogP contribution is 2.25. The van der Waals surface area contributed by atoms with Gasteiger partial charge < -0.3 is 10.2 Å². The Hall–Kier alpha value is -1.64. The maximum absolute atomic E-state index is 12.8. The van der Waals surface area contributed by atoms with E-state index < -0.39 is 15.9 Å². The van der Waals surface area contributed by atoms with Crippen LogP contribution in [-0.2, 0) is 19.6 Å². The van der Waals surface area contributed by atoms with Crippen LogP contribution in [0.1, 0.15) is 38.5 Å². The second kappa shape index (κ2) is 9.91. The van der Waals surface area contributed by atoms with Crippen molar-refractivity contribution in [1.82, 2.24) is 14.5 Å². The standard InChI is InChI=1S/C20H28ClN3O4S/c21-17-6-8-18(9-7-17)29(27,28)24-14-4-5-16(15-24)20(26)22-11-10-19(25)23-12-2-1-3-13-23/h6-9,16H,1-5,10-15H2,(H,22,26)/t16-/m1/s1. The number of hydrogen-bond donors (Lipinski definition) is 1. The first-order chi connectivity index (χ1) is 13.9. The third-order valence-corrected chi connectivity index (χ3v) is 7.68. The van der Waals surface area contributed by atoms with Crippen LogP contribution in [0.4, 0.5) is 0 Å². The van der Waals surface area contributed by atoms with Crippen LogP contribution in [-0.4, -0.2) is 62.2 Å². The second-order valence-electron chi connectivity index (χ2n) is 7.64. The number of sulfonamides is 1. The second-order valence-corrected chi connectivity index (χ2v) is 10.0. The summed E-state index contributed by atoms with van der Waals surface area (Å²) < 4.78 is 27.1. The monoisotopic (exact) mass is 441 g/mol. The number of halogens is 1. The number of hydrogen-bond acceptors (Lipinski definition) is 4. The number of piperidine rings is 2. The maximum atomic E-state index is 12.8. The van der Waals surface area contributed by atoms with Gasteiger partial charge in [0.25, 0.3) is 0 Å². The first-order valence-electron chi connectivity index (χ1n) is 10.2. The molecule has 2 saturated heterocycles. The van der Waals surface area contributed by atoms with Crippen LogP contribution in [0.15, 0.2) is 29.2 Å². The Morgan fingerprint density at radius 3 is 2.41 bits per heavy atom. The fraction of sp³-hybridized carbons (Fsp3) is 0.600. The Bertz CT molecular complexity index is 823. The van der Waals surface area contributed by atoms with Crippen molar-refractivity contribution in [2.75, 3.05) is 32.7 Å². The lowest BCUT2D eigenvalue weighted by Gasteiger charge is -2.31. The molecule has 29 heavy (non-hydrogen) atoms. The van der Waals surface area contributed by atoms with E-state index >= 15 is 0 Å². The summed E-state index contributed by atoms with van der Waals surface area (Å²) in [5.41, 5.74) is 0. The third-order valence-electron chi connectivity index (χ3n) is 5.55. The zero-order chi connectivity index (χ0) is 20.9. The Kier molecular flexibility index (Phi) is 7.54. The molecule has 0 saturated carbocycles. The first kappa shape index (κ1) is 22.1. The molecule has 0 bridgehead atoms. The minimum atomic E-state index is -3.66. The predicted octanol–water partition coefficient (Wildman–Crippen LogP) is 2.26. The van der Waals surface area contributed by atoms with Gasteiger partial charge in [0, 0.05) is 44.2 Å². The SMILES string of the molecule is O=C(NCCC(=O)N1CCCCC1)[C@@H]1CCCN(S(=O)(=O)c2ccc(Cl)cc2)C1. The summed E-state index contributed by atoms with van der Waals surface area (Å²) in [6, 6.07) is 6.05. The molecule has 7 nitrogen and oxygen atoms in total. The maximum Gasteiger partial charge on any atom is 0.243 e. The number of benzene rings is 1. The number of rotatable bonds is 6. The van der Waals surface area contributed by atoms with Gasteiger partial charge >= 0.3 is 0 Å². The summed E-state index contributed by atoms with van der Waals surface area (Å²) in [5, 5.41) is 3.29. The van der Waals surface area contributed by atoms with E-state index in [1.54, 1.807) is 12.1 Å². The number of nitrogens with one attached hydrogen (secondary N) is 1. The summed E-state index contributed by atoms with van der Waals surface area (Å²) in [7, 11) is -3.66. The molecule has 3 rings (SSSR count). The van der Waals surface area contributed by atoms with Gasteiger partial charge in [-0.2, -0.15) is 4.31 Å². The van der Waals surface area contributed by atoms with Gasteiger partial charge in [0.1, 0.15) is 0 Å². The number of likely N-dealkylation sites (tertiary alicyclic amines) is 1. The van der Waals surface area contributed by atoms with E-state index in [1.165, 1.54) is 16.4 Å². The lowest BCUT2D eigenvalue weighted by atomic mass is 9.99. The van der Waals surface area contributed by atoms with Crippen LogP contribution >= 0.6 is 11.6 Å². The van der Waals surface area contributed by atoms with Crippen molar-refractivity contribution in [2.24, 2.45) is 5.92 Å². The summed E-state index contributed by atoms with van der Waals surface area (Å²) in [5.74, 6) is -0.524. The first-order valence-corrected chi connectivity index (χ1v) is 12.0. The van der Waals surface area contributed by atoms with Crippen molar-refractivity contribution in [3.8, 4) is 0 Å². The van der Waals surface area contributed by atoms with Crippen molar-refractivity contribution >= 4 is 33.4 Å². The molecule has 1 aromatic carbocycles. The minimum Gasteiger partial charge on any atom is -0.355 e. The minimum absolute atomic E-state index is 0.0700. The van der Waals surface area contributed by atoms with Gasteiger partial charge in [-0.1, -0.05) is 11.6 Å². The molecule has 0 spiro atoms. The number of amides is 2. The van der Waals surface area contributed by atoms with Crippen LogP contribution < -0.4 is 5.32 Å². The van der Waals surface area contributed by atoms with E-state index in [9.17, 15) is 18.0 Å². The zero-order valence-corrected chi connectivity index (χ0v) is 18.1. The molecule has 0 aromatic heterocycles. The number of carbonyl (C=O) groups excluding carboxylic acids is 2. The quantitative estimate of drug-likeness (QED) is 0.733. The molecule has 9 heteroatoms. The molecule has 2 amide bonds.